The van der Waals surface area contributed by atoms with Crippen molar-refractivity contribution in [1.82, 2.24) is 0 Å². The van der Waals surface area contributed by atoms with E-state index in [4.69, 9.17) is 0 Å². The van der Waals surface area contributed by atoms with Gasteiger partial charge in [-0.3, -0.25) is 4.79 Å². The monoisotopic (exact) mass is 262 g/mol. The Morgan fingerprint density at radius 2 is 2.00 bits per heavy atom. The number of hydrogen-bond donors (Lipinski definition) is 2. The summed E-state index contributed by atoms with van der Waals surface area (Å²) in [4.78, 5) is 13.6. The van der Waals surface area contributed by atoms with Gasteiger partial charge in [-0.05, 0) is 24.5 Å². The minimum Gasteiger partial charge on any atom is -0.378 e. The van der Waals surface area contributed by atoms with E-state index >= 15 is 0 Å². The minimum absolute atomic E-state index is 0.163. The van der Waals surface area contributed by atoms with Crippen LogP contribution in [0, 0.1) is 5.41 Å². The number of aliphatic hydroxyl groups is 1. The highest BCUT2D eigenvalue weighted by molar-refractivity contribution is 6.02. The summed E-state index contributed by atoms with van der Waals surface area (Å²) < 4.78 is 0. The zero-order chi connectivity index (χ0) is 14.4. The van der Waals surface area contributed by atoms with E-state index in [1.165, 1.54) is 0 Å². The maximum atomic E-state index is 11.4. The van der Waals surface area contributed by atoms with E-state index in [1.807, 2.05) is 25.2 Å². The van der Waals surface area contributed by atoms with E-state index < -0.39 is 6.10 Å². The Bertz CT molecular complexity index is 505. The molecule has 1 aliphatic rings. The molecule has 1 aliphatic heterocycles. The summed E-state index contributed by atoms with van der Waals surface area (Å²) in [5.41, 5.74) is 2.57. The van der Waals surface area contributed by atoms with E-state index in [0.717, 1.165) is 5.69 Å². The lowest BCUT2D eigenvalue weighted by atomic mass is 9.87. The van der Waals surface area contributed by atoms with Crippen LogP contribution in [0.15, 0.2) is 18.2 Å². The van der Waals surface area contributed by atoms with Crippen molar-refractivity contribution < 1.29 is 9.90 Å². The van der Waals surface area contributed by atoms with Crippen LogP contribution in [0.1, 0.15) is 39.4 Å². The largest absolute Gasteiger partial charge is 0.378 e. The maximum Gasteiger partial charge on any atom is 0.257 e. The molecule has 0 radical (unpaired) electrons. The summed E-state index contributed by atoms with van der Waals surface area (Å²) in [6.07, 6.45) is -1.03. The topological polar surface area (TPSA) is 52.6 Å². The van der Waals surface area contributed by atoms with Crippen LogP contribution in [0.4, 0.5) is 11.4 Å². The van der Waals surface area contributed by atoms with Crippen LogP contribution in [-0.2, 0) is 4.79 Å². The zero-order valence-corrected chi connectivity index (χ0v) is 12.2. The predicted molar refractivity (Wildman–Crippen MR) is 77.4 cm³/mol. The molecule has 4 nitrogen and oxygen atoms in total. The first-order valence-corrected chi connectivity index (χ1v) is 6.57. The van der Waals surface area contributed by atoms with E-state index in [1.54, 1.807) is 0 Å². The van der Waals surface area contributed by atoms with Crippen molar-refractivity contribution >= 4 is 17.3 Å². The SMILES string of the molecule is CC(N(C)c1ccc2c(c1)NC(=O)C2O)C(C)(C)C. The van der Waals surface area contributed by atoms with Gasteiger partial charge in [-0.15, -0.1) is 0 Å². The quantitative estimate of drug-likeness (QED) is 0.861. The Kier molecular flexibility index (Phi) is 3.31. The third-order valence-electron chi connectivity index (χ3n) is 4.08. The van der Waals surface area contributed by atoms with Gasteiger partial charge < -0.3 is 15.3 Å². The van der Waals surface area contributed by atoms with Gasteiger partial charge >= 0.3 is 0 Å². The average Bonchev–Trinajstić information content (AvgIpc) is 2.61. The molecule has 0 bridgehead atoms. The summed E-state index contributed by atoms with van der Waals surface area (Å²) in [5, 5.41) is 12.4. The van der Waals surface area contributed by atoms with Gasteiger partial charge in [-0.25, -0.2) is 0 Å². The molecular weight excluding hydrogens is 240 g/mol. The number of amides is 1. The van der Waals surface area contributed by atoms with Crippen LogP contribution in [0.2, 0.25) is 0 Å². The van der Waals surface area contributed by atoms with E-state index in [-0.39, 0.29) is 11.3 Å². The van der Waals surface area contributed by atoms with Crippen LogP contribution in [0.5, 0.6) is 0 Å². The fourth-order valence-electron chi connectivity index (χ4n) is 2.26. The Morgan fingerprint density at radius 3 is 2.58 bits per heavy atom. The second kappa shape index (κ2) is 4.53. The number of carbonyl (C=O) groups is 1. The summed E-state index contributed by atoms with van der Waals surface area (Å²) >= 11 is 0. The molecule has 104 valence electrons. The number of aliphatic hydroxyl groups excluding tert-OH is 1. The van der Waals surface area contributed by atoms with Crippen LogP contribution < -0.4 is 10.2 Å². The molecule has 0 spiro atoms. The number of nitrogens with zero attached hydrogens (tertiary/aromatic N) is 1. The maximum absolute atomic E-state index is 11.4. The molecule has 0 saturated heterocycles. The number of hydrogen-bond acceptors (Lipinski definition) is 3. The molecule has 1 amide bonds. The standard InChI is InChI=1S/C15H22N2O2/c1-9(15(2,3)4)17(5)10-6-7-11-12(8-10)16-14(19)13(11)18/h6-9,13,18H,1-5H3,(H,16,19). The first kappa shape index (κ1) is 13.9. The second-order valence-electron chi connectivity index (χ2n) is 6.32. The van der Waals surface area contributed by atoms with Crippen LogP contribution in [0.25, 0.3) is 0 Å². The second-order valence-corrected chi connectivity index (χ2v) is 6.32. The fourth-order valence-corrected chi connectivity index (χ4v) is 2.26. The summed E-state index contributed by atoms with van der Waals surface area (Å²) in [6, 6.07) is 6.04. The van der Waals surface area contributed by atoms with Crippen molar-refractivity contribution in [3.05, 3.63) is 23.8 Å². The first-order valence-electron chi connectivity index (χ1n) is 6.57. The third-order valence-corrected chi connectivity index (χ3v) is 4.08. The lowest BCUT2D eigenvalue weighted by molar-refractivity contribution is -0.123. The van der Waals surface area contributed by atoms with Gasteiger partial charge in [-0.1, -0.05) is 26.8 Å². The number of benzene rings is 1. The average molecular weight is 262 g/mol. The van der Waals surface area contributed by atoms with Crippen LogP contribution in [-0.4, -0.2) is 24.1 Å². The highest BCUT2D eigenvalue weighted by Crippen LogP contribution is 2.35. The molecule has 2 atom stereocenters. The molecule has 0 saturated carbocycles. The Balaban J connectivity index is 2.29. The van der Waals surface area contributed by atoms with Gasteiger partial charge in [0.1, 0.15) is 0 Å². The summed E-state index contributed by atoms with van der Waals surface area (Å²) in [7, 11) is 2.05. The van der Waals surface area contributed by atoms with Gasteiger partial charge in [0.25, 0.3) is 5.91 Å². The highest BCUT2D eigenvalue weighted by atomic mass is 16.3. The molecule has 2 N–H and O–H groups in total. The van der Waals surface area contributed by atoms with Gasteiger partial charge in [-0.2, -0.15) is 0 Å². The molecule has 0 aliphatic carbocycles. The Labute approximate surface area is 114 Å². The van der Waals surface area contributed by atoms with Gasteiger partial charge in [0.2, 0.25) is 0 Å². The molecular formula is C15H22N2O2. The van der Waals surface area contributed by atoms with Crippen molar-refractivity contribution in [1.29, 1.82) is 0 Å². The van der Waals surface area contributed by atoms with Gasteiger partial charge in [0.15, 0.2) is 6.10 Å². The van der Waals surface area contributed by atoms with Crippen LogP contribution >= 0.6 is 0 Å². The smallest absolute Gasteiger partial charge is 0.257 e. The molecule has 2 unspecified atom stereocenters. The number of rotatable bonds is 2. The minimum atomic E-state index is -1.03. The third kappa shape index (κ3) is 2.45. The summed E-state index contributed by atoms with van der Waals surface area (Å²) in [6.45, 7) is 8.79. The molecule has 2 rings (SSSR count). The van der Waals surface area contributed by atoms with Crippen molar-refractivity contribution in [3.8, 4) is 0 Å². The van der Waals surface area contributed by atoms with E-state index in [0.29, 0.717) is 17.3 Å². The highest BCUT2D eigenvalue weighted by Gasteiger charge is 2.30. The van der Waals surface area contributed by atoms with Crippen molar-refractivity contribution in [3.63, 3.8) is 0 Å². The number of carbonyl (C=O) groups excluding carboxylic acids is 1. The zero-order valence-electron chi connectivity index (χ0n) is 12.2. The van der Waals surface area contributed by atoms with E-state index in [2.05, 4.69) is 37.9 Å². The van der Waals surface area contributed by atoms with Gasteiger partial charge in [0, 0.05) is 30.0 Å². The lowest BCUT2D eigenvalue weighted by Gasteiger charge is -2.37. The molecule has 4 heteroatoms. The van der Waals surface area contributed by atoms with Crippen molar-refractivity contribution in [2.75, 3.05) is 17.3 Å². The molecule has 1 aromatic rings. The Morgan fingerprint density at radius 1 is 1.37 bits per heavy atom. The summed E-state index contributed by atoms with van der Waals surface area (Å²) in [5.74, 6) is -0.348. The Hall–Kier alpha value is -1.55. The molecule has 19 heavy (non-hydrogen) atoms. The van der Waals surface area contributed by atoms with Crippen LogP contribution in [0.3, 0.4) is 0 Å². The normalized spacial score (nSPS) is 19.9. The molecule has 1 heterocycles. The van der Waals surface area contributed by atoms with Crippen molar-refractivity contribution in [2.24, 2.45) is 5.41 Å². The number of fused-ring (bicyclic) bond motifs is 1. The van der Waals surface area contributed by atoms with Crippen molar-refractivity contribution in [2.45, 2.75) is 39.8 Å². The molecule has 0 aromatic heterocycles. The number of nitrogens with one attached hydrogen (secondary N) is 1. The molecule has 0 fully saturated rings. The number of anilines is 2. The lowest BCUT2D eigenvalue weighted by Crippen LogP contribution is -2.39. The molecule has 1 aromatic carbocycles. The first-order chi connectivity index (χ1) is 8.71. The van der Waals surface area contributed by atoms with Gasteiger partial charge in [0.05, 0.1) is 0 Å². The predicted octanol–water partition coefficient (Wildman–Crippen LogP) is 2.54. The van der Waals surface area contributed by atoms with E-state index in [9.17, 15) is 9.90 Å². The fraction of sp³-hybridized carbons (Fsp3) is 0.533.